The minimum Gasteiger partial charge on any atom is -0.381 e. The Morgan fingerprint density at radius 3 is 2.62 bits per heavy atom. The van der Waals surface area contributed by atoms with Gasteiger partial charge in [-0.05, 0) is 48.7 Å². The molecule has 0 aromatic heterocycles. The molecule has 1 N–H and O–H groups in total. The van der Waals surface area contributed by atoms with E-state index in [1.165, 1.54) is 0 Å². The zero-order chi connectivity index (χ0) is 14.7. The quantitative estimate of drug-likeness (QED) is 0.853. The van der Waals surface area contributed by atoms with E-state index in [0.29, 0.717) is 6.54 Å². The fourth-order valence-corrected chi connectivity index (χ4v) is 3.13. The van der Waals surface area contributed by atoms with Gasteiger partial charge in [-0.3, -0.25) is 0 Å². The Labute approximate surface area is 133 Å². The van der Waals surface area contributed by atoms with Crippen LogP contribution in [0.2, 0.25) is 0 Å². The summed E-state index contributed by atoms with van der Waals surface area (Å²) >= 11 is 3.45. The van der Waals surface area contributed by atoms with Crippen molar-refractivity contribution in [3.05, 3.63) is 58.3 Å². The molecule has 1 saturated heterocycles. The summed E-state index contributed by atoms with van der Waals surface area (Å²) in [5.74, 6) is -0.142. The highest BCUT2D eigenvalue weighted by Gasteiger charge is 2.16. The number of hydrogen-bond donors (Lipinski definition) is 1. The van der Waals surface area contributed by atoms with Gasteiger partial charge in [0.25, 0.3) is 0 Å². The number of nitrogens with zero attached hydrogens (tertiary/aromatic N) is 1. The molecule has 1 aliphatic heterocycles. The van der Waals surface area contributed by atoms with Crippen molar-refractivity contribution in [1.82, 2.24) is 0 Å². The van der Waals surface area contributed by atoms with E-state index >= 15 is 0 Å². The number of hydrogen-bond acceptors (Lipinski definition) is 2. The second-order valence-corrected chi connectivity index (χ2v) is 6.26. The average molecular weight is 349 g/mol. The summed E-state index contributed by atoms with van der Waals surface area (Å²) in [5.41, 5.74) is 2.70. The van der Waals surface area contributed by atoms with E-state index in [0.717, 1.165) is 47.3 Å². The van der Waals surface area contributed by atoms with Crippen molar-refractivity contribution < 1.29 is 4.39 Å². The number of nitrogens with one attached hydrogen (secondary N) is 1. The van der Waals surface area contributed by atoms with Crippen LogP contribution in [0.3, 0.4) is 0 Å². The lowest BCUT2D eigenvalue weighted by Gasteiger charge is -2.19. The lowest BCUT2D eigenvalue weighted by Crippen LogP contribution is -2.18. The monoisotopic (exact) mass is 348 g/mol. The van der Waals surface area contributed by atoms with Gasteiger partial charge in [-0.2, -0.15) is 0 Å². The molecule has 0 spiro atoms. The second kappa shape index (κ2) is 6.48. The van der Waals surface area contributed by atoms with Crippen molar-refractivity contribution in [1.29, 1.82) is 0 Å². The second-order valence-electron chi connectivity index (χ2n) is 5.34. The van der Waals surface area contributed by atoms with Crippen LogP contribution < -0.4 is 10.2 Å². The normalized spacial score (nSPS) is 14.5. The van der Waals surface area contributed by atoms with Gasteiger partial charge in [-0.1, -0.05) is 28.1 Å². The van der Waals surface area contributed by atoms with Crippen LogP contribution in [0.25, 0.3) is 0 Å². The zero-order valence-electron chi connectivity index (χ0n) is 11.8. The fourth-order valence-electron chi connectivity index (χ4n) is 2.68. The molecule has 110 valence electrons. The van der Waals surface area contributed by atoms with Crippen LogP contribution >= 0.6 is 15.9 Å². The first-order valence-corrected chi connectivity index (χ1v) is 8.04. The molecule has 4 heteroatoms. The van der Waals surface area contributed by atoms with E-state index in [4.69, 9.17) is 0 Å². The average Bonchev–Trinajstić information content (AvgIpc) is 2.99. The molecule has 2 aromatic rings. The third-order valence-corrected chi connectivity index (χ3v) is 4.27. The minimum absolute atomic E-state index is 0.142. The molecule has 0 atom stereocenters. The SMILES string of the molecule is Fc1cc(NCc2cccc(Br)c2)ccc1N1CCCC1. The van der Waals surface area contributed by atoms with E-state index < -0.39 is 0 Å². The molecular weight excluding hydrogens is 331 g/mol. The van der Waals surface area contributed by atoms with Crippen LogP contribution in [-0.4, -0.2) is 13.1 Å². The highest BCUT2D eigenvalue weighted by molar-refractivity contribution is 9.10. The summed E-state index contributed by atoms with van der Waals surface area (Å²) in [6.45, 7) is 2.60. The first-order chi connectivity index (χ1) is 10.2. The Morgan fingerprint density at radius 2 is 1.90 bits per heavy atom. The summed E-state index contributed by atoms with van der Waals surface area (Å²) in [6.07, 6.45) is 2.31. The molecule has 0 bridgehead atoms. The van der Waals surface area contributed by atoms with Crippen LogP contribution in [0, 0.1) is 5.82 Å². The van der Waals surface area contributed by atoms with Gasteiger partial charge < -0.3 is 10.2 Å². The predicted molar refractivity (Wildman–Crippen MR) is 89.3 cm³/mol. The van der Waals surface area contributed by atoms with Gasteiger partial charge in [-0.25, -0.2) is 4.39 Å². The summed E-state index contributed by atoms with van der Waals surface area (Å²) in [4.78, 5) is 2.12. The molecular formula is C17H18BrFN2. The molecule has 3 rings (SSSR count). The van der Waals surface area contributed by atoms with Crippen LogP contribution in [0.4, 0.5) is 15.8 Å². The summed E-state index contributed by atoms with van der Waals surface area (Å²) in [6, 6.07) is 13.5. The van der Waals surface area contributed by atoms with Crippen molar-refractivity contribution in [2.45, 2.75) is 19.4 Å². The third kappa shape index (κ3) is 3.56. The van der Waals surface area contributed by atoms with Crippen LogP contribution in [-0.2, 0) is 6.54 Å². The number of halogens is 2. The van der Waals surface area contributed by atoms with Gasteiger partial charge in [0.15, 0.2) is 0 Å². The number of rotatable bonds is 4. The topological polar surface area (TPSA) is 15.3 Å². The Kier molecular flexibility index (Phi) is 4.44. The highest BCUT2D eigenvalue weighted by Crippen LogP contribution is 2.26. The maximum Gasteiger partial charge on any atom is 0.148 e. The van der Waals surface area contributed by atoms with E-state index in [-0.39, 0.29) is 5.82 Å². The van der Waals surface area contributed by atoms with Gasteiger partial charge in [0, 0.05) is 29.8 Å². The van der Waals surface area contributed by atoms with Crippen molar-refractivity contribution in [3.63, 3.8) is 0 Å². The number of benzene rings is 2. The molecule has 1 fully saturated rings. The van der Waals surface area contributed by atoms with Gasteiger partial charge in [-0.15, -0.1) is 0 Å². The van der Waals surface area contributed by atoms with Crippen molar-refractivity contribution >= 4 is 27.3 Å². The van der Waals surface area contributed by atoms with Gasteiger partial charge >= 0.3 is 0 Å². The first-order valence-electron chi connectivity index (χ1n) is 7.25. The van der Waals surface area contributed by atoms with E-state index in [9.17, 15) is 4.39 Å². The van der Waals surface area contributed by atoms with Crippen LogP contribution in [0.5, 0.6) is 0 Å². The Morgan fingerprint density at radius 1 is 1.10 bits per heavy atom. The maximum absolute atomic E-state index is 14.2. The lowest BCUT2D eigenvalue weighted by molar-refractivity contribution is 0.623. The molecule has 0 radical (unpaired) electrons. The largest absolute Gasteiger partial charge is 0.381 e. The summed E-state index contributed by atoms with van der Waals surface area (Å²) in [7, 11) is 0. The highest BCUT2D eigenvalue weighted by atomic mass is 79.9. The number of anilines is 2. The smallest absolute Gasteiger partial charge is 0.148 e. The lowest BCUT2D eigenvalue weighted by atomic mass is 10.2. The van der Waals surface area contributed by atoms with Crippen LogP contribution in [0.15, 0.2) is 46.9 Å². The Hall–Kier alpha value is -1.55. The molecule has 21 heavy (non-hydrogen) atoms. The molecule has 1 heterocycles. The predicted octanol–water partition coefficient (Wildman–Crippen LogP) is 4.80. The van der Waals surface area contributed by atoms with E-state index in [2.05, 4.69) is 32.2 Å². The van der Waals surface area contributed by atoms with Crippen molar-refractivity contribution in [2.75, 3.05) is 23.3 Å². The third-order valence-electron chi connectivity index (χ3n) is 3.78. The molecule has 1 aliphatic rings. The van der Waals surface area contributed by atoms with Crippen LogP contribution in [0.1, 0.15) is 18.4 Å². The summed E-state index contributed by atoms with van der Waals surface area (Å²) in [5, 5.41) is 3.27. The van der Waals surface area contributed by atoms with Crippen molar-refractivity contribution in [3.8, 4) is 0 Å². The molecule has 0 aliphatic carbocycles. The van der Waals surface area contributed by atoms with E-state index in [1.54, 1.807) is 6.07 Å². The molecule has 2 aromatic carbocycles. The minimum atomic E-state index is -0.142. The standard InChI is InChI=1S/C17H18BrFN2/c18-14-5-3-4-13(10-14)12-20-15-6-7-17(16(19)11-15)21-8-1-2-9-21/h3-7,10-11,20H,1-2,8-9,12H2. The van der Waals surface area contributed by atoms with Gasteiger partial charge in [0.05, 0.1) is 5.69 Å². The first kappa shape index (κ1) is 14.4. The molecule has 0 amide bonds. The fraction of sp³-hybridized carbons (Fsp3) is 0.294. The summed E-state index contributed by atoms with van der Waals surface area (Å²) < 4.78 is 15.3. The molecule has 0 unspecified atom stereocenters. The zero-order valence-corrected chi connectivity index (χ0v) is 13.4. The van der Waals surface area contributed by atoms with E-state index in [1.807, 2.05) is 30.3 Å². The maximum atomic E-state index is 14.2. The van der Waals surface area contributed by atoms with Gasteiger partial charge in [0.1, 0.15) is 5.82 Å². The Balaban J connectivity index is 1.67. The Bertz CT molecular complexity index is 624. The van der Waals surface area contributed by atoms with Crippen molar-refractivity contribution in [2.24, 2.45) is 0 Å². The molecule has 0 saturated carbocycles. The van der Waals surface area contributed by atoms with Gasteiger partial charge in [0.2, 0.25) is 0 Å². The molecule has 2 nitrogen and oxygen atoms in total.